The summed E-state index contributed by atoms with van der Waals surface area (Å²) in [5.74, 6) is -0.666. The molecule has 1 amide bonds. The molecule has 36 heavy (non-hydrogen) atoms. The van der Waals surface area contributed by atoms with Gasteiger partial charge in [0.25, 0.3) is 5.91 Å². The van der Waals surface area contributed by atoms with Gasteiger partial charge in [0.05, 0.1) is 29.2 Å². The third-order valence-corrected chi connectivity index (χ3v) is 5.67. The maximum absolute atomic E-state index is 12.8. The standard InChI is InChI=1S/C19H18N8O.C6H4F2/c28-19(24-14-3-4-18(21-10-14)27-13-20-12-23-27)16-11-22-26-8-5-15(9-17(16)26)25-6-1-2-7-25;7-5-2-1-3-6(8)4-5/h3-5,8-13H,1-2,6-7H2,(H,24,28);1-4H. The number of amides is 1. The molecule has 5 aromatic rings. The second kappa shape index (κ2) is 10.3. The molecule has 0 bridgehead atoms. The lowest BCUT2D eigenvalue weighted by Crippen LogP contribution is -2.18. The van der Waals surface area contributed by atoms with E-state index in [-0.39, 0.29) is 5.91 Å². The summed E-state index contributed by atoms with van der Waals surface area (Å²) in [6.45, 7) is 2.10. The van der Waals surface area contributed by atoms with Crippen molar-refractivity contribution in [3.05, 3.63) is 97.0 Å². The molecule has 0 unspecified atom stereocenters. The normalized spacial score (nSPS) is 12.9. The van der Waals surface area contributed by atoms with Crippen LogP contribution < -0.4 is 10.2 Å². The Morgan fingerprint density at radius 3 is 2.39 bits per heavy atom. The summed E-state index contributed by atoms with van der Waals surface area (Å²) in [6.07, 6.45) is 10.5. The number of aromatic nitrogens is 6. The number of carbonyl (C=O) groups is 1. The molecule has 11 heteroatoms. The molecule has 1 aromatic carbocycles. The van der Waals surface area contributed by atoms with Crippen molar-refractivity contribution in [3.8, 4) is 5.82 Å². The number of hydrogen-bond acceptors (Lipinski definition) is 6. The van der Waals surface area contributed by atoms with Crippen molar-refractivity contribution in [1.29, 1.82) is 0 Å². The molecule has 1 N–H and O–H groups in total. The highest BCUT2D eigenvalue weighted by atomic mass is 19.1. The van der Waals surface area contributed by atoms with E-state index in [2.05, 4.69) is 30.4 Å². The van der Waals surface area contributed by atoms with Gasteiger partial charge in [-0.2, -0.15) is 10.2 Å². The number of rotatable bonds is 4. The van der Waals surface area contributed by atoms with Crippen molar-refractivity contribution in [1.82, 2.24) is 29.4 Å². The number of fused-ring (bicyclic) bond motifs is 1. The molecular weight excluding hydrogens is 466 g/mol. The molecule has 4 aromatic heterocycles. The minimum atomic E-state index is -0.537. The van der Waals surface area contributed by atoms with Gasteiger partial charge < -0.3 is 10.2 Å². The average Bonchev–Trinajstić information content (AvgIpc) is 3.66. The Bertz CT molecular complexity index is 1440. The van der Waals surface area contributed by atoms with Crippen LogP contribution in [0.3, 0.4) is 0 Å². The van der Waals surface area contributed by atoms with Gasteiger partial charge >= 0.3 is 0 Å². The second-order valence-corrected chi connectivity index (χ2v) is 8.11. The maximum atomic E-state index is 12.8. The van der Waals surface area contributed by atoms with Crippen molar-refractivity contribution >= 4 is 22.8 Å². The zero-order valence-corrected chi connectivity index (χ0v) is 19.1. The average molecular weight is 489 g/mol. The quantitative estimate of drug-likeness (QED) is 0.409. The van der Waals surface area contributed by atoms with Crippen molar-refractivity contribution in [3.63, 3.8) is 0 Å². The van der Waals surface area contributed by atoms with Crippen LogP contribution in [0.5, 0.6) is 0 Å². The van der Waals surface area contributed by atoms with E-state index in [1.54, 1.807) is 40.1 Å². The third-order valence-electron chi connectivity index (χ3n) is 5.67. The molecule has 6 rings (SSSR count). The van der Waals surface area contributed by atoms with Crippen LogP contribution in [0.2, 0.25) is 0 Å². The highest BCUT2D eigenvalue weighted by Crippen LogP contribution is 2.23. The van der Waals surface area contributed by atoms with Crippen LogP contribution in [0.15, 0.2) is 79.8 Å². The number of halogens is 2. The molecule has 0 saturated carbocycles. The van der Waals surface area contributed by atoms with Crippen LogP contribution >= 0.6 is 0 Å². The van der Waals surface area contributed by atoms with Crippen LogP contribution in [-0.2, 0) is 0 Å². The molecular formula is C25H22F2N8O. The van der Waals surface area contributed by atoms with Gasteiger partial charge in [-0.3, -0.25) is 4.79 Å². The smallest absolute Gasteiger partial charge is 0.259 e. The summed E-state index contributed by atoms with van der Waals surface area (Å²) < 4.78 is 27.1. The van der Waals surface area contributed by atoms with E-state index in [0.29, 0.717) is 17.1 Å². The van der Waals surface area contributed by atoms with Gasteiger partial charge in [-0.1, -0.05) is 6.07 Å². The number of carbonyl (C=O) groups excluding carboxylic acids is 1. The van der Waals surface area contributed by atoms with E-state index in [0.717, 1.165) is 30.4 Å². The Kier molecular flexibility index (Phi) is 6.61. The summed E-state index contributed by atoms with van der Waals surface area (Å²) in [4.78, 5) is 23.3. The number of pyridine rings is 2. The summed E-state index contributed by atoms with van der Waals surface area (Å²) in [6, 6.07) is 12.2. The summed E-state index contributed by atoms with van der Waals surface area (Å²) in [5, 5.41) is 11.2. The van der Waals surface area contributed by atoms with Gasteiger partial charge in [0.2, 0.25) is 0 Å². The molecule has 1 aliphatic rings. The largest absolute Gasteiger partial charge is 0.371 e. The number of hydrogen-bond donors (Lipinski definition) is 1. The summed E-state index contributed by atoms with van der Waals surface area (Å²) in [7, 11) is 0. The van der Waals surface area contributed by atoms with E-state index < -0.39 is 11.6 Å². The predicted molar refractivity (Wildman–Crippen MR) is 130 cm³/mol. The van der Waals surface area contributed by atoms with Gasteiger partial charge in [-0.25, -0.2) is 27.9 Å². The number of anilines is 2. The molecule has 182 valence electrons. The fourth-order valence-electron chi connectivity index (χ4n) is 3.90. The van der Waals surface area contributed by atoms with Gasteiger partial charge in [0.1, 0.15) is 24.3 Å². The molecule has 0 spiro atoms. The Balaban J connectivity index is 0.000000286. The Hall–Kier alpha value is -4.67. The van der Waals surface area contributed by atoms with Crippen LogP contribution in [0, 0.1) is 11.6 Å². The lowest BCUT2D eigenvalue weighted by atomic mass is 10.2. The van der Waals surface area contributed by atoms with E-state index in [1.165, 1.54) is 37.4 Å². The maximum Gasteiger partial charge on any atom is 0.259 e. The molecule has 0 radical (unpaired) electrons. The van der Waals surface area contributed by atoms with Crippen molar-refractivity contribution < 1.29 is 13.6 Å². The Labute approximate surface area is 205 Å². The number of nitrogens with one attached hydrogen (secondary N) is 1. The predicted octanol–water partition coefficient (Wildman–Crippen LogP) is 4.13. The highest BCUT2D eigenvalue weighted by molar-refractivity contribution is 6.09. The van der Waals surface area contributed by atoms with Crippen LogP contribution in [0.25, 0.3) is 11.3 Å². The first-order valence-electron chi connectivity index (χ1n) is 11.3. The van der Waals surface area contributed by atoms with E-state index in [9.17, 15) is 13.6 Å². The molecule has 9 nitrogen and oxygen atoms in total. The van der Waals surface area contributed by atoms with Crippen molar-refractivity contribution in [2.45, 2.75) is 12.8 Å². The monoisotopic (exact) mass is 488 g/mol. The second-order valence-electron chi connectivity index (χ2n) is 8.11. The molecule has 5 heterocycles. The van der Waals surface area contributed by atoms with Crippen molar-refractivity contribution in [2.75, 3.05) is 23.3 Å². The van der Waals surface area contributed by atoms with E-state index in [4.69, 9.17) is 0 Å². The summed E-state index contributed by atoms with van der Waals surface area (Å²) in [5.41, 5.74) is 3.04. The van der Waals surface area contributed by atoms with Gasteiger partial charge in [-0.05, 0) is 49.2 Å². The highest BCUT2D eigenvalue weighted by Gasteiger charge is 2.17. The summed E-state index contributed by atoms with van der Waals surface area (Å²) >= 11 is 0. The first-order chi connectivity index (χ1) is 17.6. The minimum Gasteiger partial charge on any atom is -0.371 e. The molecule has 1 saturated heterocycles. The first kappa shape index (κ1) is 23.1. The van der Waals surface area contributed by atoms with Crippen LogP contribution in [-0.4, -0.2) is 48.4 Å². The van der Waals surface area contributed by atoms with E-state index in [1.807, 2.05) is 18.3 Å². The van der Waals surface area contributed by atoms with Crippen molar-refractivity contribution in [2.24, 2.45) is 0 Å². The van der Waals surface area contributed by atoms with Gasteiger partial charge in [0, 0.05) is 31.0 Å². The first-order valence-corrected chi connectivity index (χ1v) is 11.3. The molecule has 0 aliphatic carbocycles. The third kappa shape index (κ3) is 5.19. The fraction of sp³-hybridized carbons (Fsp3) is 0.160. The Morgan fingerprint density at radius 2 is 1.75 bits per heavy atom. The Morgan fingerprint density at radius 1 is 0.944 bits per heavy atom. The lowest BCUT2D eigenvalue weighted by Gasteiger charge is -2.17. The SMILES string of the molecule is Fc1cccc(F)c1.O=C(Nc1ccc(-n2cncn2)nc1)c1cnn2ccc(N3CCCC3)cc12. The van der Waals surface area contributed by atoms with Crippen LogP contribution in [0.1, 0.15) is 23.2 Å². The number of benzene rings is 1. The minimum absolute atomic E-state index is 0.219. The van der Waals surface area contributed by atoms with E-state index >= 15 is 0 Å². The van der Waals surface area contributed by atoms with Gasteiger partial charge in [-0.15, -0.1) is 0 Å². The molecule has 1 aliphatic heterocycles. The lowest BCUT2D eigenvalue weighted by molar-refractivity contribution is 0.102. The fourth-order valence-corrected chi connectivity index (χ4v) is 3.90. The molecule has 0 atom stereocenters. The zero-order valence-electron chi connectivity index (χ0n) is 19.1. The van der Waals surface area contributed by atoms with Gasteiger partial charge in [0.15, 0.2) is 5.82 Å². The topological polar surface area (TPSA) is 93.2 Å². The van der Waals surface area contributed by atoms with Crippen LogP contribution in [0.4, 0.5) is 20.2 Å². The number of nitrogens with zero attached hydrogens (tertiary/aromatic N) is 7. The zero-order chi connectivity index (χ0) is 24.9. The molecule has 1 fully saturated rings.